The van der Waals surface area contributed by atoms with Crippen LogP contribution in [-0.4, -0.2) is 31.8 Å². The van der Waals surface area contributed by atoms with E-state index in [0.29, 0.717) is 0 Å². The van der Waals surface area contributed by atoms with E-state index in [4.69, 9.17) is 10.5 Å². The molecule has 96 valence electrons. The van der Waals surface area contributed by atoms with Crippen molar-refractivity contribution >= 4 is 23.1 Å². The molecule has 0 aromatic heterocycles. The van der Waals surface area contributed by atoms with E-state index in [-0.39, 0.29) is 5.50 Å². The molecule has 2 aliphatic heterocycles. The van der Waals surface area contributed by atoms with E-state index in [0.717, 1.165) is 32.0 Å². The minimum Gasteiger partial charge on any atom is -0.378 e. The Morgan fingerprint density at radius 3 is 2.39 bits per heavy atom. The topological polar surface area (TPSA) is 41.7 Å². The molecule has 0 amide bonds. The lowest BCUT2D eigenvalue weighted by Gasteiger charge is -2.29. The Hall–Kier alpha value is -1.17. The maximum absolute atomic E-state index is 5.99. The van der Waals surface area contributed by atoms with Crippen molar-refractivity contribution in [2.45, 2.75) is 5.50 Å². The zero-order valence-corrected chi connectivity index (χ0v) is 11.0. The zero-order chi connectivity index (χ0) is 12.4. The fourth-order valence-corrected chi connectivity index (χ4v) is 2.91. The lowest BCUT2D eigenvalue weighted by atomic mass is 10.2. The SMILES string of the molecule is NC1SC=CN1c1ccc(N2CCOCC2)cc1. The van der Waals surface area contributed by atoms with Gasteiger partial charge in [-0.15, -0.1) is 0 Å². The van der Waals surface area contributed by atoms with Crippen molar-refractivity contribution in [1.82, 2.24) is 0 Å². The fourth-order valence-electron chi connectivity index (χ4n) is 2.22. The summed E-state index contributed by atoms with van der Waals surface area (Å²) in [5, 5.41) is 2.03. The molecule has 5 heteroatoms. The number of nitrogens with zero attached hydrogens (tertiary/aromatic N) is 2. The highest BCUT2D eigenvalue weighted by molar-refractivity contribution is 8.03. The maximum atomic E-state index is 5.99. The summed E-state index contributed by atoms with van der Waals surface area (Å²) in [4.78, 5) is 4.43. The van der Waals surface area contributed by atoms with Gasteiger partial charge < -0.3 is 20.3 Å². The summed E-state index contributed by atoms with van der Waals surface area (Å²) in [5.74, 6) is 0. The smallest absolute Gasteiger partial charge is 0.133 e. The van der Waals surface area contributed by atoms with Gasteiger partial charge in [0, 0.05) is 30.7 Å². The Bertz CT molecular complexity index is 428. The second kappa shape index (κ2) is 5.22. The Morgan fingerprint density at radius 1 is 1.11 bits per heavy atom. The highest BCUT2D eigenvalue weighted by atomic mass is 32.2. The van der Waals surface area contributed by atoms with Crippen molar-refractivity contribution in [1.29, 1.82) is 0 Å². The van der Waals surface area contributed by atoms with Crippen molar-refractivity contribution < 1.29 is 4.74 Å². The molecule has 1 fully saturated rings. The fraction of sp³-hybridized carbons (Fsp3) is 0.385. The molecule has 0 spiro atoms. The van der Waals surface area contributed by atoms with Gasteiger partial charge in [-0.3, -0.25) is 0 Å². The number of rotatable bonds is 2. The number of ether oxygens (including phenoxy) is 1. The highest BCUT2D eigenvalue weighted by Gasteiger charge is 2.17. The number of benzene rings is 1. The number of hydrogen-bond donors (Lipinski definition) is 1. The number of morpholine rings is 1. The lowest BCUT2D eigenvalue weighted by molar-refractivity contribution is 0.122. The summed E-state index contributed by atoms with van der Waals surface area (Å²) >= 11 is 1.63. The number of thioether (sulfide) groups is 1. The first-order valence-corrected chi connectivity index (χ1v) is 7.08. The molecule has 0 bridgehead atoms. The first kappa shape index (κ1) is 11.9. The largest absolute Gasteiger partial charge is 0.378 e. The third kappa shape index (κ3) is 2.34. The molecule has 1 atom stereocenters. The van der Waals surface area contributed by atoms with Gasteiger partial charge in [0.25, 0.3) is 0 Å². The molecule has 4 nitrogen and oxygen atoms in total. The maximum Gasteiger partial charge on any atom is 0.133 e. The van der Waals surface area contributed by atoms with Crippen LogP contribution < -0.4 is 15.5 Å². The molecule has 0 radical (unpaired) electrons. The molecule has 0 saturated carbocycles. The monoisotopic (exact) mass is 263 g/mol. The predicted molar refractivity (Wildman–Crippen MR) is 76.7 cm³/mol. The normalized spacial score (nSPS) is 23.7. The summed E-state index contributed by atoms with van der Waals surface area (Å²) in [6.45, 7) is 3.58. The summed E-state index contributed by atoms with van der Waals surface area (Å²) in [6.07, 6.45) is 2.03. The van der Waals surface area contributed by atoms with Crippen molar-refractivity contribution in [2.24, 2.45) is 5.73 Å². The van der Waals surface area contributed by atoms with Crippen molar-refractivity contribution in [2.75, 3.05) is 36.1 Å². The molecule has 1 aromatic rings. The third-order valence-corrected chi connectivity index (χ3v) is 4.02. The van der Waals surface area contributed by atoms with Gasteiger partial charge in [0.15, 0.2) is 0 Å². The molecule has 18 heavy (non-hydrogen) atoms. The summed E-state index contributed by atoms with van der Waals surface area (Å²) in [7, 11) is 0. The molecule has 2 heterocycles. The Kier molecular flexibility index (Phi) is 3.45. The van der Waals surface area contributed by atoms with Crippen LogP contribution in [0.25, 0.3) is 0 Å². The Balaban J connectivity index is 1.74. The summed E-state index contributed by atoms with van der Waals surface area (Å²) < 4.78 is 5.36. The van der Waals surface area contributed by atoms with E-state index in [2.05, 4.69) is 34.1 Å². The second-order valence-electron chi connectivity index (χ2n) is 4.33. The highest BCUT2D eigenvalue weighted by Crippen LogP contribution is 2.29. The van der Waals surface area contributed by atoms with Crippen LogP contribution in [0.4, 0.5) is 11.4 Å². The van der Waals surface area contributed by atoms with E-state index in [9.17, 15) is 0 Å². The van der Waals surface area contributed by atoms with Crippen LogP contribution in [0.2, 0.25) is 0 Å². The first-order chi connectivity index (χ1) is 8.84. The van der Waals surface area contributed by atoms with E-state index in [1.807, 2.05) is 11.6 Å². The molecule has 2 aliphatic rings. The van der Waals surface area contributed by atoms with Crippen molar-refractivity contribution in [3.8, 4) is 0 Å². The standard InChI is InChI=1S/C13H17N3OS/c14-13-16(7-10-18-13)12-3-1-11(2-4-12)15-5-8-17-9-6-15/h1-4,7,10,13H,5-6,8-9,14H2. The first-order valence-electron chi connectivity index (χ1n) is 6.13. The molecule has 1 aromatic carbocycles. The third-order valence-electron chi connectivity index (χ3n) is 3.24. The Morgan fingerprint density at radius 2 is 1.78 bits per heavy atom. The minimum absolute atomic E-state index is 0.000707. The number of hydrogen-bond acceptors (Lipinski definition) is 5. The number of nitrogens with two attached hydrogens (primary N) is 1. The van der Waals surface area contributed by atoms with E-state index >= 15 is 0 Å². The van der Waals surface area contributed by atoms with Crippen LogP contribution in [0.3, 0.4) is 0 Å². The van der Waals surface area contributed by atoms with Gasteiger partial charge in [-0.05, 0) is 29.7 Å². The van der Waals surface area contributed by atoms with Crippen LogP contribution in [0.5, 0.6) is 0 Å². The quantitative estimate of drug-likeness (QED) is 0.881. The Labute approximate surface area is 111 Å². The molecule has 0 aliphatic carbocycles. The number of anilines is 2. The average Bonchev–Trinajstić information content (AvgIpc) is 2.86. The van der Waals surface area contributed by atoms with Gasteiger partial charge >= 0.3 is 0 Å². The van der Waals surface area contributed by atoms with Gasteiger partial charge in [-0.25, -0.2) is 0 Å². The minimum atomic E-state index is -0.000707. The van der Waals surface area contributed by atoms with Crippen LogP contribution in [-0.2, 0) is 4.74 Å². The summed E-state index contributed by atoms with van der Waals surface area (Å²) in [5.41, 5.74) is 8.39. The zero-order valence-electron chi connectivity index (χ0n) is 10.2. The van der Waals surface area contributed by atoms with Gasteiger partial charge in [0.1, 0.15) is 5.50 Å². The van der Waals surface area contributed by atoms with E-state index < -0.39 is 0 Å². The van der Waals surface area contributed by atoms with Crippen LogP contribution in [0.1, 0.15) is 0 Å². The molecular formula is C13H17N3OS. The summed E-state index contributed by atoms with van der Waals surface area (Å²) in [6, 6.07) is 8.57. The van der Waals surface area contributed by atoms with Crippen molar-refractivity contribution in [3.63, 3.8) is 0 Å². The van der Waals surface area contributed by atoms with E-state index in [1.54, 1.807) is 11.8 Å². The molecule has 1 unspecified atom stereocenters. The van der Waals surface area contributed by atoms with Crippen molar-refractivity contribution in [3.05, 3.63) is 35.9 Å². The van der Waals surface area contributed by atoms with Gasteiger partial charge in [-0.2, -0.15) is 0 Å². The van der Waals surface area contributed by atoms with Crippen LogP contribution in [0, 0.1) is 0 Å². The van der Waals surface area contributed by atoms with Gasteiger partial charge in [0.05, 0.1) is 13.2 Å². The predicted octanol–water partition coefficient (Wildman–Crippen LogP) is 1.79. The average molecular weight is 263 g/mol. The molecule has 3 rings (SSSR count). The van der Waals surface area contributed by atoms with Crippen LogP contribution >= 0.6 is 11.8 Å². The molecule has 1 saturated heterocycles. The second-order valence-corrected chi connectivity index (χ2v) is 5.36. The van der Waals surface area contributed by atoms with Crippen LogP contribution in [0.15, 0.2) is 35.9 Å². The lowest BCUT2D eigenvalue weighted by Crippen LogP contribution is -2.36. The molecular weight excluding hydrogens is 246 g/mol. The van der Waals surface area contributed by atoms with Gasteiger partial charge in [0.2, 0.25) is 0 Å². The van der Waals surface area contributed by atoms with Gasteiger partial charge in [-0.1, -0.05) is 11.8 Å². The van der Waals surface area contributed by atoms with E-state index in [1.165, 1.54) is 5.69 Å². The molecule has 2 N–H and O–H groups in total.